The number of carbonyl (C=O) groups is 1. The lowest BCUT2D eigenvalue weighted by Crippen LogP contribution is -2.36. The average Bonchev–Trinajstić information content (AvgIpc) is 3.31. The van der Waals surface area contributed by atoms with E-state index >= 15 is 0 Å². The van der Waals surface area contributed by atoms with Gasteiger partial charge in [-0.15, -0.1) is 0 Å². The molecule has 1 aromatic carbocycles. The van der Waals surface area contributed by atoms with Crippen molar-refractivity contribution in [1.29, 1.82) is 0 Å². The largest absolute Gasteiger partial charge is 0.356 e. The minimum atomic E-state index is -0.205. The van der Waals surface area contributed by atoms with E-state index in [2.05, 4.69) is 21.3 Å². The summed E-state index contributed by atoms with van der Waals surface area (Å²) in [6, 6.07) is 7.42. The Balaban J connectivity index is 1.29. The maximum Gasteiger partial charge on any atom is 0.345 e. The molecule has 28 heavy (non-hydrogen) atoms. The minimum absolute atomic E-state index is 0.00562. The van der Waals surface area contributed by atoms with Gasteiger partial charge in [-0.25, -0.2) is 14.9 Å². The molecule has 1 fully saturated rings. The summed E-state index contributed by atoms with van der Waals surface area (Å²) in [6.45, 7) is 2.35. The predicted molar refractivity (Wildman–Crippen MR) is 106 cm³/mol. The van der Waals surface area contributed by atoms with E-state index in [1.54, 1.807) is 4.57 Å². The monoisotopic (exact) mass is 404 g/mol. The Labute approximate surface area is 168 Å². The van der Waals surface area contributed by atoms with Gasteiger partial charge < -0.3 is 5.32 Å². The molecule has 8 nitrogen and oxygen atoms in total. The van der Waals surface area contributed by atoms with Crippen molar-refractivity contribution in [3.63, 3.8) is 0 Å². The number of hydrogen-bond donors (Lipinski definition) is 3. The van der Waals surface area contributed by atoms with E-state index in [1.807, 2.05) is 24.3 Å². The first kappa shape index (κ1) is 19.2. The van der Waals surface area contributed by atoms with E-state index in [9.17, 15) is 9.59 Å². The summed E-state index contributed by atoms with van der Waals surface area (Å²) in [4.78, 5) is 25.0. The van der Waals surface area contributed by atoms with Crippen molar-refractivity contribution in [2.75, 3.05) is 13.1 Å². The predicted octanol–water partition coefficient (Wildman–Crippen LogP) is 1.01. The van der Waals surface area contributed by atoms with Crippen LogP contribution in [0.4, 0.5) is 0 Å². The number of nitrogens with one attached hydrogen (secondary N) is 3. The van der Waals surface area contributed by atoms with Crippen molar-refractivity contribution >= 4 is 17.5 Å². The fourth-order valence-electron chi connectivity index (χ4n) is 3.89. The number of carbonyl (C=O) groups excluding carboxylic acids is 1. The Kier molecular flexibility index (Phi) is 5.79. The first-order valence-electron chi connectivity index (χ1n) is 9.81. The van der Waals surface area contributed by atoms with E-state index in [0.29, 0.717) is 31.1 Å². The third-order valence-corrected chi connectivity index (χ3v) is 5.68. The Bertz CT molecular complexity index is 891. The molecule has 1 amide bonds. The number of halogens is 1. The molecule has 2 atom stereocenters. The molecule has 1 saturated heterocycles. The van der Waals surface area contributed by atoms with Crippen LogP contribution in [0.1, 0.15) is 36.7 Å². The smallest absolute Gasteiger partial charge is 0.345 e. The summed E-state index contributed by atoms with van der Waals surface area (Å²) >= 11 is 5.95. The zero-order valence-corrected chi connectivity index (χ0v) is 16.4. The van der Waals surface area contributed by atoms with Gasteiger partial charge in [0.1, 0.15) is 5.82 Å². The van der Waals surface area contributed by atoms with Gasteiger partial charge in [0, 0.05) is 37.6 Å². The van der Waals surface area contributed by atoms with Gasteiger partial charge in [-0.05, 0) is 37.0 Å². The quantitative estimate of drug-likeness (QED) is 0.625. The summed E-state index contributed by atoms with van der Waals surface area (Å²) in [5.74, 6) is 0.673. The highest BCUT2D eigenvalue weighted by Crippen LogP contribution is 2.26. The number of aryl methyl sites for hydroxylation is 2. The maximum absolute atomic E-state index is 12.6. The van der Waals surface area contributed by atoms with Crippen LogP contribution < -0.4 is 21.9 Å². The molecule has 0 spiro atoms. The molecule has 0 radical (unpaired) electrons. The highest BCUT2D eigenvalue weighted by atomic mass is 35.5. The summed E-state index contributed by atoms with van der Waals surface area (Å²) in [5.41, 5.74) is 7.21. The number of benzene rings is 1. The summed E-state index contributed by atoms with van der Waals surface area (Å²) < 4.78 is 3.30. The van der Waals surface area contributed by atoms with Crippen LogP contribution in [0, 0.1) is 5.92 Å². The molecule has 0 saturated carbocycles. The van der Waals surface area contributed by atoms with Gasteiger partial charge >= 0.3 is 5.69 Å². The lowest BCUT2D eigenvalue weighted by Gasteiger charge is -2.18. The molecule has 2 unspecified atom stereocenters. The lowest BCUT2D eigenvalue weighted by molar-refractivity contribution is -0.124. The van der Waals surface area contributed by atoms with Crippen LogP contribution in [0.3, 0.4) is 0 Å². The molecule has 150 valence electrons. The highest BCUT2D eigenvalue weighted by Gasteiger charge is 2.33. The van der Waals surface area contributed by atoms with E-state index < -0.39 is 0 Å². The molecule has 3 heterocycles. The maximum atomic E-state index is 12.6. The first-order valence-corrected chi connectivity index (χ1v) is 10.2. The first-order chi connectivity index (χ1) is 13.6. The van der Waals surface area contributed by atoms with Crippen LogP contribution in [0.15, 0.2) is 29.1 Å². The van der Waals surface area contributed by atoms with Crippen molar-refractivity contribution in [1.82, 2.24) is 30.5 Å². The van der Waals surface area contributed by atoms with Crippen LogP contribution in [0.5, 0.6) is 0 Å². The van der Waals surface area contributed by atoms with Crippen molar-refractivity contribution in [2.45, 2.75) is 44.8 Å². The molecule has 0 bridgehead atoms. The van der Waals surface area contributed by atoms with Crippen LogP contribution in [-0.2, 0) is 24.3 Å². The van der Waals surface area contributed by atoms with Gasteiger partial charge in [0.2, 0.25) is 5.91 Å². The Morgan fingerprint density at radius 3 is 2.89 bits per heavy atom. The normalized spacial score (nSPS) is 21.5. The standard InChI is InChI=1S/C19H25ClN6O2/c20-14-7-5-13(6-8-14)17-15(12-22-23-17)18(27)21-9-3-11-26-19(28)25-10-2-1-4-16(25)24-26/h5-8,15,17,22-23H,1-4,9-12H2,(H,21,27). The van der Waals surface area contributed by atoms with Crippen LogP contribution >= 0.6 is 11.6 Å². The van der Waals surface area contributed by atoms with Gasteiger partial charge in [0.05, 0.1) is 12.0 Å². The topological polar surface area (TPSA) is 93.0 Å². The van der Waals surface area contributed by atoms with Crippen LogP contribution in [0.2, 0.25) is 5.02 Å². The number of fused-ring (bicyclic) bond motifs is 1. The van der Waals surface area contributed by atoms with Gasteiger partial charge in [0.15, 0.2) is 0 Å². The third kappa shape index (κ3) is 3.99. The van der Waals surface area contributed by atoms with E-state index in [1.165, 1.54) is 4.68 Å². The molecule has 4 rings (SSSR count). The van der Waals surface area contributed by atoms with Crippen molar-refractivity contribution < 1.29 is 4.79 Å². The van der Waals surface area contributed by atoms with Crippen molar-refractivity contribution in [3.8, 4) is 0 Å². The van der Waals surface area contributed by atoms with Gasteiger partial charge in [-0.2, -0.15) is 5.10 Å². The third-order valence-electron chi connectivity index (χ3n) is 5.43. The molecule has 2 aromatic rings. The van der Waals surface area contributed by atoms with E-state index in [4.69, 9.17) is 11.6 Å². The summed E-state index contributed by atoms with van der Waals surface area (Å²) in [5, 5.41) is 8.09. The second-order valence-electron chi connectivity index (χ2n) is 7.34. The number of rotatable bonds is 6. The Morgan fingerprint density at radius 2 is 2.11 bits per heavy atom. The molecular weight excluding hydrogens is 380 g/mol. The highest BCUT2D eigenvalue weighted by molar-refractivity contribution is 6.30. The molecular formula is C19H25ClN6O2. The second kappa shape index (κ2) is 8.46. The molecule has 0 aliphatic carbocycles. The minimum Gasteiger partial charge on any atom is -0.356 e. The molecule has 9 heteroatoms. The number of amides is 1. The second-order valence-corrected chi connectivity index (χ2v) is 7.77. The fourth-order valence-corrected chi connectivity index (χ4v) is 4.02. The number of nitrogens with zero attached hydrogens (tertiary/aromatic N) is 3. The SMILES string of the molecule is O=C(NCCCn1nc2n(c1=O)CCCC2)C1CNNC1c1ccc(Cl)cc1. The number of hydrazine groups is 1. The lowest BCUT2D eigenvalue weighted by atomic mass is 9.94. The Hall–Kier alpha value is -2.16. The van der Waals surface area contributed by atoms with Crippen LogP contribution in [-0.4, -0.2) is 33.3 Å². The molecule has 2 aliphatic rings. The number of aromatic nitrogens is 3. The van der Waals surface area contributed by atoms with Crippen molar-refractivity contribution in [2.24, 2.45) is 5.92 Å². The van der Waals surface area contributed by atoms with Gasteiger partial charge in [-0.3, -0.25) is 14.8 Å². The average molecular weight is 405 g/mol. The zero-order chi connectivity index (χ0) is 19.5. The molecule has 2 aliphatic heterocycles. The Morgan fingerprint density at radius 1 is 1.29 bits per heavy atom. The number of hydrogen-bond acceptors (Lipinski definition) is 5. The summed E-state index contributed by atoms with van der Waals surface area (Å²) in [7, 11) is 0. The van der Waals surface area contributed by atoms with Crippen molar-refractivity contribution in [3.05, 3.63) is 51.2 Å². The van der Waals surface area contributed by atoms with E-state index in [0.717, 1.165) is 37.2 Å². The van der Waals surface area contributed by atoms with E-state index in [-0.39, 0.29) is 23.6 Å². The van der Waals surface area contributed by atoms with Gasteiger partial charge in [-0.1, -0.05) is 23.7 Å². The molecule has 3 N–H and O–H groups in total. The van der Waals surface area contributed by atoms with Gasteiger partial charge in [0.25, 0.3) is 0 Å². The fraction of sp³-hybridized carbons (Fsp3) is 0.526. The zero-order valence-electron chi connectivity index (χ0n) is 15.7. The molecule has 1 aromatic heterocycles. The summed E-state index contributed by atoms with van der Waals surface area (Å²) in [6.07, 6.45) is 3.66. The van der Waals surface area contributed by atoms with Crippen LogP contribution in [0.25, 0.3) is 0 Å².